The maximum Gasteiger partial charge on any atom is 0.242 e. The van der Waals surface area contributed by atoms with Gasteiger partial charge in [0.25, 0.3) is 0 Å². The minimum Gasteiger partial charge on any atom is -0.383 e. The van der Waals surface area contributed by atoms with E-state index in [1.54, 1.807) is 18.9 Å². The van der Waals surface area contributed by atoms with Crippen molar-refractivity contribution in [3.8, 4) is 0 Å². The second kappa shape index (κ2) is 8.12. The Kier molecular flexibility index (Phi) is 6.80. The first-order chi connectivity index (χ1) is 9.11. The first-order valence-electron chi connectivity index (χ1n) is 6.92. The van der Waals surface area contributed by atoms with Crippen LogP contribution in [0.4, 0.5) is 0 Å². The van der Waals surface area contributed by atoms with Crippen LogP contribution in [0.1, 0.15) is 26.7 Å². The molecule has 2 atom stereocenters. The number of methoxy groups -OCH3 is 1. The maximum atomic E-state index is 12.1. The van der Waals surface area contributed by atoms with Gasteiger partial charge in [-0.15, -0.1) is 0 Å². The molecule has 0 aromatic rings. The molecule has 1 aliphatic rings. The summed E-state index contributed by atoms with van der Waals surface area (Å²) >= 11 is 0. The molecule has 1 aliphatic heterocycles. The molecule has 1 rings (SSSR count). The van der Waals surface area contributed by atoms with Gasteiger partial charge in [0.1, 0.15) is 6.04 Å². The number of carbonyl (C=O) groups excluding carboxylic acids is 2. The molecule has 0 radical (unpaired) electrons. The average molecular weight is 271 g/mol. The van der Waals surface area contributed by atoms with Crippen molar-refractivity contribution in [3.63, 3.8) is 0 Å². The van der Waals surface area contributed by atoms with Gasteiger partial charge in [-0.05, 0) is 26.3 Å². The van der Waals surface area contributed by atoms with Crippen LogP contribution >= 0.6 is 0 Å². The highest BCUT2D eigenvalue weighted by Crippen LogP contribution is 2.14. The predicted molar refractivity (Wildman–Crippen MR) is 72.8 cm³/mol. The monoisotopic (exact) mass is 271 g/mol. The summed E-state index contributed by atoms with van der Waals surface area (Å²) in [6.07, 6.45) is 1.77. The fraction of sp³-hybridized carbons (Fsp3) is 0.846. The van der Waals surface area contributed by atoms with Crippen molar-refractivity contribution in [3.05, 3.63) is 0 Å². The van der Waals surface area contributed by atoms with Crippen molar-refractivity contribution in [2.45, 2.75) is 38.8 Å². The zero-order valence-electron chi connectivity index (χ0n) is 12.1. The van der Waals surface area contributed by atoms with E-state index in [0.29, 0.717) is 19.7 Å². The van der Waals surface area contributed by atoms with Gasteiger partial charge in [-0.25, -0.2) is 0 Å². The van der Waals surface area contributed by atoms with E-state index >= 15 is 0 Å². The summed E-state index contributed by atoms with van der Waals surface area (Å²) in [5.74, 6) is -0.0932. The van der Waals surface area contributed by atoms with E-state index in [1.165, 1.54) is 0 Å². The molecule has 1 saturated heterocycles. The lowest BCUT2D eigenvalue weighted by molar-refractivity contribution is -0.137. The molecular weight excluding hydrogens is 246 g/mol. The lowest BCUT2D eigenvalue weighted by Gasteiger charge is -2.24. The molecule has 0 aromatic heterocycles. The lowest BCUT2D eigenvalue weighted by Crippen LogP contribution is -2.49. The average Bonchev–Trinajstić information content (AvgIpc) is 2.77. The van der Waals surface area contributed by atoms with Crippen LogP contribution in [0, 0.1) is 0 Å². The van der Waals surface area contributed by atoms with E-state index in [2.05, 4.69) is 17.6 Å². The Balaban J connectivity index is 2.42. The van der Waals surface area contributed by atoms with E-state index in [0.717, 1.165) is 19.4 Å². The molecule has 0 aromatic carbocycles. The highest BCUT2D eigenvalue weighted by atomic mass is 16.5. The molecule has 19 heavy (non-hydrogen) atoms. The van der Waals surface area contributed by atoms with Crippen LogP contribution in [-0.2, 0) is 14.3 Å². The Bertz CT molecular complexity index is 310. The van der Waals surface area contributed by atoms with Crippen LogP contribution in [0.25, 0.3) is 0 Å². The van der Waals surface area contributed by atoms with Crippen molar-refractivity contribution < 1.29 is 14.3 Å². The van der Waals surface area contributed by atoms with E-state index in [-0.39, 0.29) is 17.9 Å². The summed E-state index contributed by atoms with van der Waals surface area (Å²) in [6.45, 7) is 6.25. The van der Waals surface area contributed by atoms with Crippen molar-refractivity contribution in [1.82, 2.24) is 15.5 Å². The van der Waals surface area contributed by atoms with Crippen molar-refractivity contribution in [2.24, 2.45) is 0 Å². The van der Waals surface area contributed by atoms with Crippen LogP contribution in [0.3, 0.4) is 0 Å². The van der Waals surface area contributed by atoms with E-state index in [4.69, 9.17) is 4.74 Å². The first-order valence-corrected chi connectivity index (χ1v) is 6.92. The zero-order valence-corrected chi connectivity index (χ0v) is 12.1. The molecule has 0 bridgehead atoms. The molecular formula is C13H25N3O3. The Morgan fingerprint density at radius 2 is 2.26 bits per heavy atom. The largest absolute Gasteiger partial charge is 0.383 e. The third-order valence-corrected chi connectivity index (χ3v) is 3.33. The van der Waals surface area contributed by atoms with Crippen LogP contribution in [-0.4, -0.2) is 62.1 Å². The molecule has 1 heterocycles. The fourth-order valence-corrected chi connectivity index (χ4v) is 2.16. The number of nitrogens with one attached hydrogen (secondary N) is 2. The molecule has 0 aliphatic carbocycles. The van der Waals surface area contributed by atoms with E-state index < -0.39 is 6.04 Å². The summed E-state index contributed by atoms with van der Waals surface area (Å²) in [5.41, 5.74) is 0. The predicted octanol–water partition coefficient (Wildman–Crippen LogP) is -0.262. The van der Waals surface area contributed by atoms with Gasteiger partial charge in [0.05, 0.1) is 12.6 Å². The number of carbonyl (C=O) groups is 2. The number of hydrogen-bond donors (Lipinski definition) is 2. The fourth-order valence-electron chi connectivity index (χ4n) is 2.16. The molecule has 2 amide bonds. The van der Waals surface area contributed by atoms with Crippen molar-refractivity contribution >= 4 is 11.8 Å². The van der Waals surface area contributed by atoms with Gasteiger partial charge in [0.2, 0.25) is 11.8 Å². The van der Waals surface area contributed by atoms with Crippen LogP contribution in [0.15, 0.2) is 0 Å². The molecule has 1 fully saturated rings. The van der Waals surface area contributed by atoms with Gasteiger partial charge in [-0.3, -0.25) is 9.59 Å². The van der Waals surface area contributed by atoms with E-state index in [9.17, 15) is 9.59 Å². The topological polar surface area (TPSA) is 70.7 Å². The summed E-state index contributed by atoms with van der Waals surface area (Å²) < 4.78 is 4.87. The van der Waals surface area contributed by atoms with Gasteiger partial charge in [0, 0.05) is 20.2 Å². The highest BCUT2D eigenvalue weighted by molar-refractivity contribution is 5.90. The lowest BCUT2D eigenvalue weighted by atomic mass is 10.2. The number of likely N-dealkylation sites (tertiary alicyclic amines) is 1. The number of hydrogen-bond acceptors (Lipinski definition) is 4. The maximum absolute atomic E-state index is 12.1. The third-order valence-electron chi connectivity index (χ3n) is 3.33. The summed E-state index contributed by atoms with van der Waals surface area (Å²) in [6, 6.07) is -0.549. The summed E-state index contributed by atoms with van der Waals surface area (Å²) in [5, 5.41) is 5.97. The molecule has 6 nitrogen and oxygen atoms in total. The first kappa shape index (κ1) is 15.9. The SMILES string of the molecule is CCCNC1CCN(C(C)C(=O)NCCOC)C1=O. The van der Waals surface area contributed by atoms with E-state index in [1.807, 2.05) is 0 Å². The zero-order chi connectivity index (χ0) is 14.3. The number of amides is 2. The van der Waals surface area contributed by atoms with Gasteiger partial charge in [-0.2, -0.15) is 0 Å². The van der Waals surface area contributed by atoms with Gasteiger partial charge in [0.15, 0.2) is 0 Å². The minimum atomic E-state index is -0.419. The van der Waals surface area contributed by atoms with Crippen LogP contribution in [0.2, 0.25) is 0 Å². The molecule has 0 saturated carbocycles. The standard InChI is InChI=1S/C13H25N3O3/c1-4-6-14-11-5-8-16(13(11)18)10(2)12(17)15-7-9-19-3/h10-11,14H,4-9H2,1-3H3,(H,15,17). The quantitative estimate of drug-likeness (QED) is 0.597. The summed E-state index contributed by atoms with van der Waals surface area (Å²) in [4.78, 5) is 25.7. The normalized spacial score (nSPS) is 20.7. The molecule has 110 valence electrons. The van der Waals surface area contributed by atoms with Crippen LogP contribution in [0.5, 0.6) is 0 Å². The Labute approximate surface area is 114 Å². The molecule has 6 heteroatoms. The third kappa shape index (κ3) is 4.47. The van der Waals surface area contributed by atoms with Crippen molar-refractivity contribution in [2.75, 3.05) is 33.4 Å². The summed E-state index contributed by atoms with van der Waals surface area (Å²) in [7, 11) is 1.59. The number of rotatable bonds is 8. The smallest absolute Gasteiger partial charge is 0.242 e. The number of ether oxygens (including phenoxy) is 1. The molecule has 0 spiro atoms. The highest BCUT2D eigenvalue weighted by Gasteiger charge is 2.36. The van der Waals surface area contributed by atoms with Gasteiger partial charge >= 0.3 is 0 Å². The van der Waals surface area contributed by atoms with Gasteiger partial charge < -0.3 is 20.3 Å². The van der Waals surface area contributed by atoms with Crippen LogP contribution < -0.4 is 10.6 Å². The Hall–Kier alpha value is -1.14. The second-order valence-corrected chi connectivity index (χ2v) is 4.79. The minimum absolute atomic E-state index is 0.0304. The molecule has 2 unspecified atom stereocenters. The van der Waals surface area contributed by atoms with Gasteiger partial charge in [-0.1, -0.05) is 6.92 Å². The Morgan fingerprint density at radius 1 is 1.53 bits per heavy atom. The Morgan fingerprint density at radius 3 is 2.89 bits per heavy atom. The van der Waals surface area contributed by atoms with Crippen molar-refractivity contribution in [1.29, 1.82) is 0 Å². The number of nitrogens with zero attached hydrogens (tertiary/aromatic N) is 1. The molecule has 2 N–H and O–H groups in total. The second-order valence-electron chi connectivity index (χ2n) is 4.79.